The van der Waals surface area contributed by atoms with Crippen molar-refractivity contribution in [3.05, 3.63) is 69.9 Å². The summed E-state index contributed by atoms with van der Waals surface area (Å²) in [6.07, 6.45) is -1.15. The van der Waals surface area contributed by atoms with Crippen molar-refractivity contribution in [3.8, 4) is 17.5 Å². The van der Waals surface area contributed by atoms with Crippen molar-refractivity contribution >= 4 is 45.8 Å². The molecule has 2 atom stereocenters. The van der Waals surface area contributed by atoms with E-state index in [-0.39, 0.29) is 11.3 Å². The maximum absolute atomic E-state index is 13.8. The Morgan fingerprint density at radius 1 is 1.07 bits per heavy atom. The van der Waals surface area contributed by atoms with Crippen LogP contribution in [0.15, 0.2) is 54.6 Å². The van der Waals surface area contributed by atoms with E-state index in [0.29, 0.717) is 45.2 Å². The summed E-state index contributed by atoms with van der Waals surface area (Å²) < 4.78 is 15.6. The van der Waals surface area contributed by atoms with Crippen LogP contribution in [-0.2, 0) is 11.3 Å². The fourth-order valence-electron chi connectivity index (χ4n) is 4.01. The highest BCUT2D eigenvalue weighted by Gasteiger charge is 2.21. The molecule has 0 spiro atoms. The van der Waals surface area contributed by atoms with Crippen molar-refractivity contribution in [1.82, 2.24) is 14.9 Å². The van der Waals surface area contributed by atoms with Gasteiger partial charge >= 0.3 is 0 Å². The molecular formula is C31H34FN5O2S. The Balaban J connectivity index is 1.73. The molecule has 208 valence electrons. The van der Waals surface area contributed by atoms with E-state index < -0.39 is 12.1 Å². The number of hydrogen-bond acceptors (Lipinski definition) is 5. The van der Waals surface area contributed by atoms with Crippen molar-refractivity contribution in [1.29, 1.82) is 0 Å². The van der Waals surface area contributed by atoms with Gasteiger partial charge in [-0.25, -0.2) is 9.37 Å². The highest BCUT2D eigenvalue weighted by atomic mass is 32.1. The second kappa shape index (κ2) is 12.0. The van der Waals surface area contributed by atoms with Crippen LogP contribution in [0, 0.1) is 17.3 Å². The standard InChI is InChI=1S/C31H34FN5O2S/c1-7-9-28(38)34-22-10-8-11-23(17-22)37-25-13-12-21(18-33-20(3)31(4,5)6)16-24(25)35-30(37)36-29(39)27-15-14-26(40-27)19(2)32/h8,10-17,19-20,33H,18H2,1-6H3,(H,34,38)(H,35,36,39)/t19?,20-/m0/s1. The Morgan fingerprint density at radius 2 is 1.85 bits per heavy atom. The molecule has 0 aliphatic rings. The van der Waals surface area contributed by atoms with E-state index in [2.05, 4.69) is 55.5 Å². The van der Waals surface area contributed by atoms with Crippen LogP contribution in [0.4, 0.5) is 16.0 Å². The van der Waals surface area contributed by atoms with Crippen molar-refractivity contribution in [2.75, 3.05) is 10.6 Å². The predicted molar refractivity (Wildman–Crippen MR) is 161 cm³/mol. The largest absolute Gasteiger partial charge is 0.315 e. The molecular weight excluding hydrogens is 525 g/mol. The van der Waals surface area contributed by atoms with Crippen LogP contribution < -0.4 is 16.0 Å². The highest BCUT2D eigenvalue weighted by molar-refractivity contribution is 7.14. The molecule has 0 aliphatic carbocycles. The van der Waals surface area contributed by atoms with Crippen LogP contribution in [0.1, 0.15) is 67.8 Å². The lowest BCUT2D eigenvalue weighted by Crippen LogP contribution is -2.37. The summed E-state index contributed by atoms with van der Waals surface area (Å²) in [5.74, 6) is 4.58. The number of nitrogens with zero attached hydrogens (tertiary/aromatic N) is 2. The smallest absolute Gasteiger partial charge is 0.300 e. The fraction of sp³-hybridized carbons (Fsp3) is 0.323. The lowest BCUT2D eigenvalue weighted by molar-refractivity contribution is -0.111. The number of hydrogen-bond donors (Lipinski definition) is 3. The molecule has 0 radical (unpaired) electrons. The lowest BCUT2D eigenvalue weighted by atomic mass is 9.88. The molecule has 2 aromatic carbocycles. The molecule has 2 aromatic heterocycles. The second-order valence-corrected chi connectivity index (χ2v) is 11.8. The number of anilines is 2. The van der Waals surface area contributed by atoms with Crippen LogP contribution in [0.2, 0.25) is 0 Å². The third-order valence-corrected chi connectivity index (χ3v) is 7.94. The molecule has 0 saturated heterocycles. The molecule has 4 aromatic rings. The summed E-state index contributed by atoms with van der Waals surface area (Å²) in [5.41, 5.74) is 3.91. The van der Waals surface area contributed by atoms with Crippen LogP contribution >= 0.6 is 11.3 Å². The van der Waals surface area contributed by atoms with Crippen molar-refractivity contribution in [2.45, 2.75) is 60.3 Å². The van der Waals surface area contributed by atoms with Crippen LogP contribution in [-0.4, -0.2) is 27.4 Å². The lowest BCUT2D eigenvalue weighted by Gasteiger charge is -2.28. The summed E-state index contributed by atoms with van der Waals surface area (Å²) in [6, 6.07) is 16.8. The molecule has 4 rings (SSSR count). The van der Waals surface area contributed by atoms with Gasteiger partial charge in [0.2, 0.25) is 5.95 Å². The fourth-order valence-corrected chi connectivity index (χ4v) is 4.84. The van der Waals surface area contributed by atoms with Crippen molar-refractivity contribution in [3.63, 3.8) is 0 Å². The first-order chi connectivity index (χ1) is 19.0. The number of nitrogens with one attached hydrogen (secondary N) is 3. The Labute approximate surface area is 238 Å². The van der Waals surface area contributed by atoms with Gasteiger partial charge in [0.15, 0.2) is 0 Å². The summed E-state index contributed by atoms with van der Waals surface area (Å²) in [4.78, 5) is 30.9. The Bertz CT molecular complexity index is 1600. The van der Waals surface area contributed by atoms with E-state index in [1.165, 1.54) is 6.92 Å². The van der Waals surface area contributed by atoms with Gasteiger partial charge in [-0.1, -0.05) is 38.8 Å². The van der Waals surface area contributed by atoms with E-state index in [0.717, 1.165) is 22.4 Å². The second-order valence-electron chi connectivity index (χ2n) is 10.7. The SMILES string of the molecule is CC#CC(=O)Nc1cccc(-n2c(NC(=O)c3ccc(C(C)F)s3)nc3cc(CN[C@@H](C)C(C)(C)C)ccc32)c1. The maximum Gasteiger partial charge on any atom is 0.300 e. The predicted octanol–water partition coefficient (Wildman–Crippen LogP) is 6.86. The van der Waals surface area contributed by atoms with E-state index in [9.17, 15) is 14.0 Å². The van der Waals surface area contributed by atoms with Gasteiger partial charge in [0, 0.05) is 23.2 Å². The van der Waals surface area contributed by atoms with Crippen molar-refractivity contribution < 1.29 is 14.0 Å². The van der Waals surface area contributed by atoms with Crippen LogP contribution in [0.5, 0.6) is 0 Å². The summed E-state index contributed by atoms with van der Waals surface area (Å²) in [6.45, 7) is 12.5. The molecule has 2 amide bonds. The molecule has 0 saturated carbocycles. The van der Waals surface area contributed by atoms with Gasteiger partial charge in [-0.2, -0.15) is 0 Å². The van der Waals surface area contributed by atoms with Gasteiger partial charge in [-0.15, -0.1) is 11.3 Å². The van der Waals surface area contributed by atoms with Crippen LogP contribution in [0.25, 0.3) is 16.7 Å². The van der Waals surface area contributed by atoms with E-state index in [1.54, 1.807) is 31.2 Å². The van der Waals surface area contributed by atoms with E-state index in [1.807, 2.05) is 34.9 Å². The first-order valence-corrected chi connectivity index (χ1v) is 13.9. The Morgan fingerprint density at radius 3 is 2.52 bits per heavy atom. The van der Waals surface area contributed by atoms with E-state index >= 15 is 0 Å². The number of aromatic nitrogens is 2. The zero-order valence-electron chi connectivity index (χ0n) is 23.6. The molecule has 0 fully saturated rings. The number of carbonyl (C=O) groups is 2. The minimum Gasteiger partial charge on any atom is -0.315 e. The molecule has 1 unspecified atom stereocenters. The average molecular weight is 560 g/mol. The first-order valence-electron chi connectivity index (χ1n) is 13.1. The molecule has 0 bridgehead atoms. The number of amides is 2. The molecule has 7 nitrogen and oxygen atoms in total. The van der Waals surface area contributed by atoms with Gasteiger partial charge < -0.3 is 10.6 Å². The number of thiophene rings is 1. The number of halogens is 1. The molecule has 3 N–H and O–H groups in total. The normalized spacial score (nSPS) is 12.9. The van der Waals surface area contributed by atoms with Crippen molar-refractivity contribution in [2.24, 2.45) is 5.41 Å². The maximum atomic E-state index is 13.8. The molecule has 2 heterocycles. The van der Waals surface area contributed by atoms with Gasteiger partial charge in [-0.05, 0) is 80.1 Å². The number of benzene rings is 2. The van der Waals surface area contributed by atoms with E-state index in [4.69, 9.17) is 4.98 Å². The summed E-state index contributed by atoms with van der Waals surface area (Å²) in [5, 5.41) is 9.25. The van der Waals surface area contributed by atoms with Gasteiger partial charge in [0.1, 0.15) is 6.17 Å². The highest BCUT2D eigenvalue weighted by Crippen LogP contribution is 2.30. The number of carbonyl (C=O) groups excluding carboxylic acids is 2. The quantitative estimate of drug-likeness (QED) is 0.206. The first kappa shape index (κ1) is 29.0. The Hall–Kier alpha value is -4.00. The monoisotopic (exact) mass is 559 g/mol. The van der Waals surface area contributed by atoms with Gasteiger partial charge in [-0.3, -0.25) is 19.5 Å². The third kappa shape index (κ3) is 6.76. The number of rotatable bonds is 8. The number of fused-ring (bicyclic) bond motifs is 1. The minimum atomic E-state index is -1.15. The molecule has 0 aliphatic heterocycles. The summed E-state index contributed by atoms with van der Waals surface area (Å²) in [7, 11) is 0. The summed E-state index contributed by atoms with van der Waals surface area (Å²) >= 11 is 1.11. The van der Waals surface area contributed by atoms with Crippen LogP contribution in [0.3, 0.4) is 0 Å². The van der Waals surface area contributed by atoms with Gasteiger partial charge in [0.05, 0.1) is 21.6 Å². The van der Waals surface area contributed by atoms with Gasteiger partial charge in [0.25, 0.3) is 11.8 Å². The third-order valence-electron chi connectivity index (χ3n) is 6.70. The number of alkyl halides is 1. The molecule has 40 heavy (non-hydrogen) atoms. The zero-order valence-corrected chi connectivity index (χ0v) is 24.4. The minimum absolute atomic E-state index is 0.119. The molecule has 9 heteroatoms. The average Bonchev–Trinajstić information content (AvgIpc) is 3.52. The topological polar surface area (TPSA) is 88.1 Å². The Kier molecular flexibility index (Phi) is 8.72. The zero-order chi connectivity index (χ0) is 29.0. The number of imidazole rings is 1.